The molecule has 20 heavy (non-hydrogen) atoms. The van der Waals surface area contributed by atoms with Gasteiger partial charge in [-0.1, -0.05) is 19.3 Å². The van der Waals surface area contributed by atoms with Gasteiger partial charge in [-0.15, -0.1) is 0 Å². The Morgan fingerprint density at radius 1 is 1.05 bits per heavy atom. The summed E-state index contributed by atoms with van der Waals surface area (Å²) in [5, 5.41) is 13.8. The Morgan fingerprint density at radius 2 is 1.55 bits per heavy atom. The fourth-order valence-corrected chi connectivity index (χ4v) is 4.02. The van der Waals surface area contributed by atoms with Crippen molar-refractivity contribution in [3.63, 3.8) is 0 Å². The van der Waals surface area contributed by atoms with Gasteiger partial charge in [-0.2, -0.15) is 5.06 Å². The molecular formula is C16H30N2O2. The van der Waals surface area contributed by atoms with Crippen LogP contribution in [0, 0.1) is 5.21 Å². The predicted octanol–water partition coefficient (Wildman–Crippen LogP) is 3.48. The van der Waals surface area contributed by atoms with Gasteiger partial charge in [0.05, 0.1) is 6.10 Å². The molecule has 1 aliphatic heterocycles. The van der Waals surface area contributed by atoms with Gasteiger partial charge in [0.25, 0.3) is 0 Å². The second-order valence-electron chi connectivity index (χ2n) is 7.76. The summed E-state index contributed by atoms with van der Waals surface area (Å²) in [6.45, 7) is 12.2. The molecule has 4 nitrogen and oxygen atoms in total. The van der Waals surface area contributed by atoms with Gasteiger partial charge in [0.1, 0.15) is 6.72 Å². The molecule has 0 N–H and O–H groups in total. The van der Waals surface area contributed by atoms with Crippen LogP contribution in [-0.2, 0) is 4.84 Å². The zero-order valence-electron chi connectivity index (χ0n) is 13.5. The Morgan fingerprint density at radius 3 is 2.00 bits per heavy atom. The average molecular weight is 282 g/mol. The molecule has 1 saturated carbocycles. The molecule has 1 saturated heterocycles. The summed E-state index contributed by atoms with van der Waals surface area (Å²) in [4.78, 5) is 6.38. The van der Waals surface area contributed by atoms with Crippen molar-refractivity contribution in [3.05, 3.63) is 5.21 Å². The first-order chi connectivity index (χ1) is 9.22. The Kier molecular flexibility index (Phi) is 4.45. The Labute approximate surface area is 123 Å². The van der Waals surface area contributed by atoms with Crippen molar-refractivity contribution in [3.8, 4) is 0 Å². The number of hydrogen-bond acceptors (Lipinski definition) is 3. The summed E-state index contributed by atoms with van der Waals surface area (Å²) in [5.41, 5.74) is -0.269. The van der Waals surface area contributed by atoms with E-state index < -0.39 is 0 Å². The first-order valence-corrected chi connectivity index (χ1v) is 7.96. The van der Waals surface area contributed by atoms with Crippen molar-refractivity contribution >= 4 is 6.72 Å². The number of rotatable bonds is 3. The fourth-order valence-electron chi connectivity index (χ4n) is 4.02. The second-order valence-corrected chi connectivity index (χ2v) is 7.76. The molecule has 0 radical (unpaired) electrons. The SMILES string of the molecule is C=[N+]([O-])C1CC(C)(C)N(OC2CCCCC2)C(C)(C)C1. The standard InChI is InChI=1S/C16H30N2O2/c1-15(2)11-13(17(5)19)12-16(3,4)18(15)20-14-9-7-6-8-10-14/h13-14H,5-12H2,1-4H3. The quantitative estimate of drug-likeness (QED) is 0.344. The van der Waals surface area contributed by atoms with E-state index in [9.17, 15) is 5.21 Å². The van der Waals surface area contributed by atoms with Crippen molar-refractivity contribution in [2.75, 3.05) is 0 Å². The maximum atomic E-state index is 11.6. The lowest BCUT2D eigenvalue weighted by atomic mass is 9.79. The van der Waals surface area contributed by atoms with Gasteiger partial charge in [0, 0.05) is 23.9 Å². The van der Waals surface area contributed by atoms with Gasteiger partial charge < -0.3 is 5.21 Å². The first-order valence-electron chi connectivity index (χ1n) is 7.96. The molecule has 0 aromatic rings. The highest BCUT2D eigenvalue weighted by atomic mass is 16.7. The van der Waals surface area contributed by atoms with Crippen molar-refractivity contribution in [1.82, 2.24) is 5.06 Å². The zero-order chi connectivity index (χ0) is 15.0. The third-order valence-corrected chi connectivity index (χ3v) is 4.78. The van der Waals surface area contributed by atoms with Crippen molar-refractivity contribution in [2.45, 2.75) is 95.9 Å². The van der Waals surface area contributed by atoms with Gasteiger partial charge in [-0.25, -0.2) is 4.74 Å². The van der Waals surface area contributed by atoms with Gasteiger partial charge in [-0.05, 0) is 40.5 Å². The molecule has 0 amide bonds. The van der Waals surface area contributed by atoms with E-state index in [-0.39, 0.29) is 17.1 Å². The summed E-state index contributed by atoms with van der Waals surface area (Å²) in [6, 6.07) is -0.0220. The van der Waals surface area contributed by atoms with Crippen LogP contribution in [0.1, 0.15) is 72.6 Å². The molecule has 0 aromatic carbocycles. The first kappa shape index (κ1) is 15.8. The van der Waals surface area contributed by atoms with Gasteiger partial charge in [0.15, 0.2) is 6.04 Å². The summed E-state index contributed by atoms with van der Waals surface area (Å²) in [6.07, 6.45) is 8.16. The minimum absolute atomic E-state index is 0.0220. The second kappa shape index (κ2) is 5.64. The maximum absolute atomic E-state index is 11.6. The van der Waals surface area contributed by atoms with Crippen molar-refractivity contribution < 1.29 is 9.58 Å². The largest absolute Gasteiger partial charge is 0.624 e. The minimum Gasteiger partial charge on any atom is -0.624 e. The van der Waals surface area contributed by atoms with Crippen LogP contribution in [-0.4, -0.2) is 39.7 Å². The Bertz CT molecular complexity index is 341. The van der Waals surface area contributed by atoms with Crippen molar-refractivity contribution in [1.29, 1.82) is 0 Å². The normalized spacial score (nSPS) is 28.4. The summed E-state index contributed by atoms with van der Waals surface area (Å²) < 4.78 is 0.876. The number of piperidine rings is 1. The molecule has 0 aromatic heterocycles. The van der Waals surface area contributed by atoms with Crippen molar-refractivity contribution in [2.24, 2.45) is 0 Å². The van der Waals surface area contributed by atoms with Crippen LogP contribution < -0.4 is 0 Å². The van der Waals surface area contributed by atoms with Gasteiger partial charge in [0.2, 0.25) is 0 Å². The highest BCUT2D eigenvalue weighted by molar-refractivity contribution is 5.15. The molecule has 1 heterocycles. The molecule has 1 aliphatic carbocycles. The monoisotopic (exact) mass is 282 g/mol. The van der Waals surface area contributed by atoms with E-state index in [1.165, 1.54) is 19.3 Å². The highest BCUT2D eigenvalue weighted by Gasteiger charge is 2.49. The van der Waals surface area contributed by atoms with Crippen LogP contribution in [0.5, 0.6) is 0 Å². The van der Waals surface area contributed by atoms with E-state index in [2.05, 4.69) is 39.5 Å². The smallest absolute Gasteiger partial charge is 0.166 e. The molecule has 0 spiro atoms. The summed E-state index contributed by atoms with van der Waals surface area (Å²) in [7, 11) is 0. The van der Waals surface area contributed by atoms with Crippen LogP contribution in [0.15, 0.2) is 0 Å². The van der Waals surface area contributed by atoms with Crippen LogP contribution in [0.3, 0.4) is 0 Å². The molecule has 2 rings (SSSR count). The molecule has 0 unspecified atom stereocenters. The number of hydrogen-bond donors (Lipinski definition) is 0. The lowest BCUT2D eigenvalue weighted by Crippen LogP contribution is -2.63. The lowest BCUT2D eigenvalue weighted by Gasteiger charge is -2.53. The molecule has 0 atom stereocenters. The number of nitrogens with zero attached hydrogens (tertiary/aromatic N) is 2. The van der Waals surface area contributed by atoms with E-state index in [0.29, 0.717) is 6.10 Å². The van der Waals surface area contributed by atoms with Gasteiger partial charge >= 0.3 is 0 Å². The van der Waals surface area contributed by atoms with Crippen LogP contribution >= 0.6 is 0 Å². The molecule has 0 bridgehead atoms. The fraction of sp³-hybridized carbons (Fsp3) is 0.938. The maximum Gasteiger partial charge on any atom is 0.166 e. The molecular weight excluding hydrogens is 252 g/mol. The predicted molar refractivity (Wildman–Crippen MR) is 81.7 cm³/mol. The Hall–Kier alpha value is -0.610. The van der Waals surface area contributed by atoms with Crippen LogP contribution in [0.2, 0.25) is 0 Å². The average Bonchev–Trinajstić information content (AvgIpc) is 2.34. The summed E-state index contributed by atoms with van der Waals surface area (Å²) >= 11 is 0. The Balaban J connectivity index is 2.11. The summed E-state index contributed by atoms with van der Waals surface area (Å²) in [5.74, 6) is 0. The topological polar surface area (TPSA) is 38.5 Å². The highest BCUT2D eigenvalue weighted by Crippen LogP contribution is 2.40. The zero-order valence-corrected chi connectivity index (χ0v) is 13.5. The van der Waals surface area contributed by atoms with Gasteiger partial charge in [-0.3, -0.25) is 4.84 Å². The lowest BCUT2D eigenvalue weighted by molar-refractivity contribution is -0.513. The third-order valence-electron chi connectivity index (χ3n) is 4.78. The third kappa shape index (κ3) is 3.34. The molecule has 2 aliphatic rings. The van der Waals surface area contributed by atoms with E-state index in [0.717, 1.165) is 30.4 Å². The van der Waals surface area contributed by atoms with E-state index >= 15 is 0 Å². The molecule has 2 fully saturated rings. The van der Waals surface area contributed by atoms with Crippen LogP contribution in [0.4, 0.5) is 0 Å². The number of hydroxylamine groups is 3. The van der Waals surface area contributed by atoms with E-state index in [4.69, 9.17) is 4.84 Å². The molecule has 116 valence electrons. The minimum atomic E-state index is -0.135. The van der Waals surface area contributed by atoms with Crippen LogP contribution in [0.25, 0.3) is 0 Å². The van der Waals surface area contributed by atoms with E-state index in [1.807, 2.05) is 0 Å². The molecule has 4 heteroatoms. The van der Waals surface area contributed by atoms with E-state index in [1.54, 1.807) is 0 Å².